The first-order chi connectivity index (χ1) is 15.5. The van der Waals surface area contributed by atoms with Crippen molar-refractivity contribution < 1.29 is 14.3 Å². The maximum Gasteiger partial charge on any atom is 0.257 e. The summed E-state index contributed by atoms with van der Waals surface area (Å²) in [7, 11) is 0. The van der Waals surface area contributed by atoms with Crippen LogP contribution in [0.4, 0.5) is 5.95 Å². The first kappa shape index (κ1) is 22.3. The van der Waals surface area contributed by atoms with E-state index in [1.54, 1.807) is 24.3 Å². The second-order valence-electron chi connectivity index (χ2n) is 7.23. The minimum Gasteiger partial charge on any atom is -0.378 e. The number of amides is 2. The van der Waals surface area contributed by atoms with E-state index in [9.17, 15) is 9.59 Å². The van der Waals surface area contributed by atoms with Crippen LogP contribution in [0.1, 0.15) is 15.9 Å². The summed E-state index contributed by atoms with van der Waals surface area (Å²) in [4.78, 5) is 26.8. The summed E-state index contributed by atoms with van der Waals surface area (Å²) < 4.78 is 7.39. The molecule has 0 spiro atoms. The van der Waals surface area contributed by atoms with Crippen molar-refractivity contribution in [1.29, 1.82) is 0 Å². The maximum absolute atomic E-state index is 12.4. The van der Waals surface area contributed by atoms with Crippen molar-refractivity contribution in [2.75, 3.05) is 37.0 Å². The number of thioether (sulfide) groups is 1. The minimum atomic E-state index is -0.471. The van der Waals surface area contributed by atoms with Crippen molar-refractivity contribution in [3.05, 3.63) is 64.7 Å². The van der Waals surface area contributed by atoms with Gasteiger partial charge in [-0.1, -0.05) is 41.1 Å². The van der Waals surface area contributed by atoms with E-state index < -0.39 is 11.8 Å². The lowest BCUT2D eigenvalue weighted by atomic mass is 10.2. The van der Waals surface area contributed by atoms with Gasteiger partial charge in [-0.3, -0.25) is 19.5 Å². The number of hydrogen-bond donors (Lipinski definition) is 1. The molecule has 4 rings (SSSR count). The molecule has 10 heteroatoms. The van der Waals surface area contributed by atoms with Crippen LogP contribution in [0.2, 0.25) is 5.02 Å². The van der Waals surface area contributed by atoms with E-state index >= 15 is 0 Å². The Morgan fingerprint density at radius 2 is 1.75 bits per heavy atom. The number of benzene rings is 2. The summed E-state index contributed by atoms with van der Waals surface area (Å²) in [5.41, 5.74) is 2.41. The summed E-state index contributed by atoms with van der Waals surface area (Å²) in [6, 6.07) is 14.4. The first-order valence-corrected chi connectivity index (χ1v) is 11.5. The number of aromatic nitrogens is 3. The number of aryl methyl sites for hydroxylation is 1. The molecule has 3 aromatic rings. The Kier molecular flexibility index (Phi) is 7.09. The van der Waals surface area contributed by atoms with E-state index in [4.69, 9.17) is 16.3 Å². The van der Waals surface area contributed by atoms with Gasteiger partial charge in [0.2, 0.25) is 11.9 Å². The van der Waals surface area contributed by atoms with Crippen LogP contribution < -0.4 is 10.2 Å². The molecule has 1 N–H and O–H groups in total. The molecule has 1 saturated heterocycles. The Morgan fingerprint density at radius 1 is 1.06 bits per heavy atom. The van der Waals surface area contributed by atoms with Crippen LogP contribution in [0.15, 0.2) is 53.7 Å². The number of morpholine rings is 1. The minimum absolute atomic E-state index is 0.0203. The molecule has 8 nitrogen and oxygen atoms in total. The molecular formula is C22H22ClN5O3S. The predicted molar refractivity (Wildman–Crippen MR) is 124 cm³/mol. The van der Waals surface area contributed by atoms with E-state index in [1.807, 2.05) is 35.8 Å². The molecule has 1 fully saturated rings. The van der Waals surface area contributed by atoms with Crippen molar-refractivity contribution in [3.8, 4) is 5.69 Å². The third-order valence-corrected chi connectivity index (χ3v) is 6.08. The fourth-order valence-electron chi connectivity index (χ4n) is 3.21. The van der Waals surface area contributed by atoms with Gasteiger partial charge >= 0.3 is 0 Å². The van der Waals surface area contributed by atoms with Gasteiger partial charge in [-0.05, 0) is 43.3 Å². The highest BCUT2D eigenvalue weighted by molar-refractivity contribution is 7.99. The predicted octanol–water partition coefficient (Wildman–Crippen LogP) is 3.11. The smallest absolute Gasteiger partial charge is 0.257 e. The van der Waals surface area contributed by atoms with Crippen LogP contribution in [0, 0.1) is 6.92 Å². The van der Waals surface area contributed by atoms with Gasteiger partial charge in [-0.2, -0.15) is 0 Å². The molecule has 0 unspecified atom stereocenters. The highest BCUT2D eigenvalue weighted by Gasteiger charge is 2.22. The first-order valence-electron chi connectivity index (χ1n) is 10.1. The largest absolute Gasteiger partial charge is 0.378 e. The third kappa shape index (κ3) is 5.29. The van der Waals surface area contributed by atoms with Gasteiger partial charge in [-0.25, -0.2) is 0 Å². The number of nitrogens with zero attached hydrogens (tertiary/aromatic N) is 4. The van der Waals surface area contributed by atoms with Crippen LogP contribution in [-0.2, 0) is 9.53 Å². The maximum atomic E-state index is 12.4. The molecule has 0 aliphatic carbocycles. The normalized spacial score (nSPS) is 13.8. The van der Waals surface area contributed by atoms with Gasteiger partial charge in [0.1, 0.15) is 0 Å². The molecule has 0 atom stereocenters. The number of rotatable bonds is 6. The number of imide groups is 1. The lowest BCUT2D eigenvalue weighted by molar-refractivity contribution is -0.117. The molecule has 1 aromatic heterocycles. The second kappa shape index (κ2) is 10.2. The number of anilines is 1. The monoisotopic (exact) mass is 471 g/mol. The Labute approximate surface area is 194 Å². The summed E-state index contributed by atoms with van der Waals surface area (Å²) in [6.45, 7) is 4.70. The zero-order valence-corrected chi connectivity index (χ0v) is 19.0. The lowest BCUT2D eigenvalue weighted by Crippen LogP contribution is -2.37. The Hall–Kier alpha value is -2.88. The molecule has 0 saturated carbocycles. The summed E-state index contributed by atoms with van der Waals surface area (Å²) in [6.07, 6.45) is 0. The average molecular weight is 472 g/mol. The third-order valence-electron chi connectivity index (χ3n) is 4.89. The number of nitrogens with one attached hydrogen (secondary N) is 1. The van der Waals surface area contributed by atoms with Crippen LogP contribution in [0.25, 0.3) is 5.69 Å². The topological polar surface area (TPSA) is 89.3 Å². The quantitative estimate of drug-likeness (QED) is 0.552. The van der Waals surface area contributed by atoms with Crippen molar-refractivity contribution in [3.63, 3.8) is 0 Å². The molecule has 166 valence electrons. The van der Waals surface area contributed by atoms with Crippen LogP contribution in [0.3, 0.4) is 0 Å². The number of halogens is 1. The Morgan fingerprint density at radius 3 is 2.44 bits per heavy atom. The van der Waals surface area contributed by atoms with Crippen LogP contribution in [-0.4, -0.2) is 58.6 Å². The fourth-order valence-corrected chi connectivity index (χ4v) is 4.08. The molecule has 1 aliphatic heterocycles. The molecule has 2 heterocycles. The number of ether oxygens (including phenoxy) is 1. The highest BCUT2D eigenvalue weighted by Crippen LogP contribution is 2.27. The van der Waals surface area contributed by atoms with Crippen LogP contribution >= 0.6 is 23.4 Å². The molecular weight excluding hydrogens is 450 g/mol. The fraction of sp³-hybridized carbons (Fsp3) is 0.273. The molecule has 1 aliphatic rings. The summed E-state index contributed by atoms with van der Waals surface area (Å²) >= 11 is 7.07. The van der Waals surface area contributed by atoms with Gasteiger partial charge in [-0.15, -0.1) is 10.2 Å². The van der Waals surface area contributed by atoms with Crippen molar-refractivity contribution in [1.82, 2.24) is 20.1 Å². The van der Waals surface area contributed by atoms with E-state index in [0.29, 0.717) is 48.0 Å². The zero-order valence-electron chi connectivity index (χ0n) is 17.5. The molecule has 0 bridgehead atoms. The summed E-state index contributed by atoms with van der Waals surface area (Å²) in [5.74, 6) is -0.160. The molecule has 0 radical (unpaired) electrons. The van der Waals surface area contributed by atoms with Gasteiger partial charge in [0.25, 0.3) is 5.91 Å². The van der Waals surface area contributed by atoms with Gasteiger partial charge in [0.15, 0.2) is 5.16 Å². The Balaban J connectivity index is 1.49. The summed E-state index contributed by atoms with van der Waals surface area (Å²) in [5, 5.41) is 12.2. The SMILES string of the molecule is Cc1ccc(-n2c(SCC(=O)NC(=O)c3ccc(Cl)cc3)nnc2N2CCOCC2)cc1. The van der Waals surface area contributed by atoms with E-state index in [1.165, 1.54) is 11.8 Å². The number of carbonyl (C=O) groups excluding carboxylic acids is 2. The van der Waals surface area contributed by atoms with E-state index in [0.717, 1.165) is 11.3 Å². The number of hydrogen-bond acceptors (Lipinski definition) is 7. The van der Waals surface area contributed by atoms with Crippen molar-refractivity contribution in [2.24, 2.45) is 0 Å². The molecule has 32 heavy (non-hydrogen) atoms. The standard InChI is InChI=1S/C22H22ClN5O3S/c1-15-2-8-18(9-3-15)28-21(27-10-12-31-13-11-27)25-26-22(28)32-14-19(29)24-20(30)16-4-6-17(23)7-5-16/h2-9H,10-14H2,1H3,(H,24,29,30). The highest BCUT2D eigenvalue weighted by atomic mass is 35.5. The van der Waals surface area contributed by atoms with Crippen molar-refractivity contribution in [2.45, 2.75) is 12.1 Å². The van der Waals surface area contributed by atoms with Crippen molar-refractivity contribution >= 4 is 41.1 Å². The zero-order chi connectivity index (χ0) is 22.5. The lowest BCUT2D eigenvalue weighted by Gasteiger charge is -2.27. The van der Waals surface area contributed by atoms with Gasteiger partial charge in [0, 0.05) is 23.7 Å². The van der Waals surface area contributed by atoms with E-state index in [2.05, 4.69) is 20.4 Å². The Bertz CT molecular complexity index is 1100. The van der Waals surface area contributed by atoms with Gasteiger partial charge < -0.3 is 9.64 Å². The number of carbonyl (C=O) groups is 2. The van der Waals surface area contributed by atoms with Gasteiger partial charge in [0.05, 0.1) is 24.7 Å². The molecule has 2 amide bonds. The van der Waals surface area contributed by atoms with Crippen LogP contribution in [0.5, 0.6) is 0 Å². The average Bonchev–Trinajstić information content (AvgIpc) is 3.23. The molecule has 2 aromatic carbocycles. The van der Waals surface area contributed by atoms with E-state index in [-0.39, 0.29) is 5.75 Å². The second-order valence-corrected chi connectivity index (χ2v) is 8.60.